The second-order valence-electron chi connectivity index (χ2n) is 19.9. The van der Waals surface area contributed by atoms with Crippen LogP contribution in [-0.4, -0.2) is 105 Å². The quantitative estimate of drug-likeness (QED) is 0.0302. The molecule has 1 aliphatic heterocycles. The normalized spacial score (nSPS) is 15.6. The Kier molecular flexibility index (Phi) is 17.9. The Balaban J connectivity index is 0.970. The molecule has 2 unspecified atom stereocenters. The lowest BCUT2D eigenvalue weighted by Crippen LogP contribution is -2.59. The van der Waals surface area contributed by atoms with E-state index in [4.69, 9.17) is 15.6 Å². The molecule has 412 valence electrons. The van der Waals surface area contributed by atoms with Gasteiger partial charge in [0.15, 0.2) is 0 Å². The van der Waals surface area contributed by atoms with Crippen molar-refractivity contribution in [2.24, 2.45) is 12.5 Å². The van der Waals surface area contributed by atoms with E-state index in [1.165, 1.54) is 47.4 Å². The molecule has 4 heterocycles. The Morgan fingerprint density at radius 1 is 0.935 bits per heavy atom. The number of aromatic nitrogens is 5. The average Bonchev–Trinajstić information content (AvgIpc) is 4.14. The smallest absolute Gasteiger partial charge is 0.355 e. The molecule has 1 aliphatic rings. The first-order valence-corrected chi connectivity index (χ1v) is 26.3. The summed E-state index contributed by atoms with van der Waals surface area (Å²) in [6.07, 6.45) is 7.87. The van der Waals surface area contributed by atoms with E-state index >= 15 is 0 Å². The molecule has 6 aromatic rings. The highest BCUT2D eigenvalue weighted by Gasteiger charge is 2.46. The number of para-hydroxylation sites is 1. The van der Waals surface area contributed by atoms with Gasteiger partial charge in [-0.3, -0.25) is 33.3 Å². The average molecular weight is 1090 g/mol. The number of unbranched alkanes of at least 4 members (excludes halogenated alkanes) is 3. The van der Waals surface area contributed by atoms with E-state index < -0.39 is 86.2 Å². The fraction of sp³-hybridized carbons (Fsp3) is 0.404. The number of carbonyl (C=O) groups is 4. The van der Waals surface area contributed by atoms with E-state index in [2.05, 4.69) is 31.3 Å². The Hall–Kier alpha value is -7.67. The maximum absolute atomic E-state index is 14.6. The highest BCUT2D eigenvalue weighted by Crippen LogP contribution is 2.40. The number of nitrogen functional groups attached to an aromatic ring is 1. The molecule has 0 spiro atoms. The van der Waals surface area contributed by atoms with E-state index in [1.54, 1.807) is 63.5 Å². The number of fused-ring (bicyclic) bond motifs is 1. The van der Waals surface area contributed by atoms with Crippen molar-refractivity contribution in [2.75, 3.05) is 29.4 Å². The first-order valence-electron chi connectivity index (χ1n) is 24.7. The van der Waals surface area contributed by atoms with Gasteiger partial charge >= 0.3 is 5.76 Å². The number of nitrogens with one attached hydrogen (secondary N) is 5. The molecule has 7 N–H and O–H groups in total. The number of sulfonamides is 1. The van der Waals surface area contributed by atoms with E-state index in [0.717, 1.165) is 24.6 Å². The van der Waals surface area contributed by atoms with Crippen LogP contribution in [0.4, 0.5) is 39.1 Å². The number of halogens is 5. The second-order valence-corrected chi connectivity index (χ2v) is 21.5. The van der Waals surface area contributed by atoms with Crippen LogP contribution in [-0.2, 0) is 49.4 Å². The van der Waals surface area contributed by atoms with E-state index in [9.17, 15) is 49.5 Å². The summed E-state index contributed by atoms with van der Waals surface area (Å²) in [6, 6.07) is 9.00. The van der Waals surface area contributed by atoms with Crippen LogP contribution < -0.4 is 36.5 Å². The first kappa shape index (κ1) is 57.0. The molecule has 0 aliphatic carbocycles. The molecule has 0 bridgehead atoms. The Morgan fingerprint density at radius 2 is 1.64 bits per heavy atom. The number of likely N-dealkylation sites (N-methyl/N-ethyl adjacent to an activating group) is 1. The standard InChI is InChI=1S/C52H61F5N12O7S/c1-29(59-5)48(71)64-46(52(2,3)4)50(73)69-27-34(23-39(69)49(72)63-44-36(54)12-11-13-37(44)55)62-41(70)14-9-7-8-10-21-68-26-32(24-61-68)35-25-60-47(58)42-43(65-67(6)45(35)42)31-17-20-38(66-77(74,75)51(56)57)40(22-31)76-28-30-15-18-33(53)19-16-30/h11-13,15-20,22,24-26,29,34,39,46,51,59,66H,7-10,14,21,23,27-28H2,1-6H3,(H2,58,60)(H,62,70)(H,63,72)(H,64,71)/t29-,34?,39-,46?/m0/s1. The predicted octanol–water partition coefficient (Wildman–Crippen LogP) is 6.86. The second kappa shape index (κ2) is 24.1. The van der Waals surface area contributed by atoms with Crippen molar-refractivity contribution >= 4 is 61.7 Å². The number of nitrogens with zero attached hydrogens (tertiary/aromatic N) is 6. The number of ether oxygens (including phenoxy) is 1. The molecular weight excluding hydrogens is 1030 g/mol. The van der Waals surface area contributed by atoms with Crippen molar-refractivity contribution < 1.29 is 54.3 Å². The summed E-state index contributed by atoms with van der Waals surface area (Å²) in [5.41, 5.74) is 7.89. The SMILES string of the molecule is CN[C@@H](C)C(=O)NC(C(=O)N1CC(NC(=O)CCCCCCn2cc(-c3cnc(N)c4c(-c5ccc(NS(=O)(=O)C(F)F)c(OCc6ccc(F)cc6)c5)nn(C)c34)cn2)C[C@H]1C(=O)Nc1c(F)cccc1F)C(C)(C)C. The van der Waals surface area contributed by atoms with Gasteiger partial charge in [-0.1, -0.05) is 57.9 Å². The maximum Gasteiger partial charge on any atom is 0.355 e. The number of rotatable bonds is 22. The van der Waals surface area contributed by atoms with Crippen molar-refractivity contribution in [2.45, 2.75) is 109 Å². The maximum atomic E-state index is 14.6. The molecule has 3 aromatic carbocycles. The molecule has 0 radical (unpaired) electrons. The summed E-state index contributed by atoms with van der Waals surface area (Å²) in [5.74, 6) is -8.40. The van der Waals surface area contributed by atoms with Crippen molar-refractivity contribution in [3.05, 3.63) is 102 Å². The Labute approximate surface area is 441 Å². The molecule has 7 rings (SSSR count). The highest BCUT2D eigenvalue weighted by atomic mass is 32.2. The van der Waals surface area contributed by atoms with E-state index in [1.807, 2.05) is 10.9 Å². The minimum atomic E-state index is -5.08. The molecule has 25 heteroatoms. The molecular formula is C52H61F5N12O7S. The molecule has 19 nitrogen and oxygen atoms in total. The lowest BCUT2D eigenvalue weighted by atomic mass is 9.85. The zero-order chi connectivity index (χ0) is 55.9. The number of hydrogen-bond donors (Lipinski definition) is 6. The van der Waals surface area contributed by atoms with Gasteiger partial charge in [-0.15, -0.1) is 0 Å². The molecule has 1 fully saturated rings. The van der Waals surface area contributed by atoms with Crippen molar-refractivity contribution in [1.29, 1.82) is 0 Å². The van der Waals surface area contributed by atoms with Crippen LogP contribution in [0.2, 0.25) is 0 Å². The van der Waals surface area contributed by atoms with Gasteiger partial charge in [0.1, 0.15) is 59.1 Å². The highest BCUT2D eigenvalue weighted by molar-refractivity contribution is 7.93. The van der Waals surface area contributed by atoms with Crippen LogP contribution in [0.1, 0.15) is 71.8 Å². The number of anilines is 3. The molecule has 4 atom stereocenters. The number of pyridine rings is 1. The number of benzene rings is 3. The number of alkyl halides is 2. The third-order valence-corrected chi connectivity index (χ3v) is 14.1. The zero-order valence-electron chi connectivity index (χ0n) is 43.2. The molecule has 0 saturated carbocycles. The van der Waals surface area contributed by atoms with Crippen LogP contribution in [0.5, 0.6) is 5.75 Å². The lowest BCUT2D eigenvalue weighted by Gasteiger charge is -2.36. The van der Waals surface area contributed by atoms with Gasteiger partial charge in [0.05, 0.1) is 28.8 Å². The predicted molar refractivity (Wildman–Crippen MR) is 279 cm³/mol. The summed E-state index contributed by atoms with van der Waals surface area (Å²) in [7, 11) is -1.78. The third-order valence-electron chi connectivity index (χ3n) is 13.1. The van der Waals surface area contributed by atoms with Crippen LogP contribution in [0, 0.1) is 22.9 Å². The minimum absolute atomic E-state index is 0.0467. The number of likely N-dealkylation sites (tertiary alicyclic amines) is 1. The summed E-state index contributed by atoms with van der Waals surface area (Å²) >= 11 is 0. The third kappa shape index (κ3) is 13.7. The van der Waals surface area contributed by atoms with Gasteiger partial charge in [0.2, 0.25) is 23.6 Å². The molecule has 77 heavy (non-hydrogen) atoms. The van der Waals surface area contributed by atoms with Crippen LogP contribution >= 0.6 is 0 Å². The number of hydrogen-bond acceptors (Lipinski definition) is 12. The molecule has 4 amide bonds. The zero-order valence-corrected chi connectivity index (χ0v) is 44.0. The molecule has 3 aromatic heterocycles. The van der Waals surface area contributed by atoms with E-state index in [-0.39, 0.29) is 49.2 Å². The summed E-state index contributed by atoms with van der Waals surface area (Å²) in [4.78, 5) is 59.9. The summed E-state index contributed by atoms with van der Waals surface area (Å²) < 4.78 is 105. The number of carbonyl (C=O) groups excluding carboxylic acids is 4. The van der Waals surface area contributed by atoms with Crippen molar-refractivity contribution in [1.82, 2.24) is 45.4 Å². The van der Waals surface area contributed by atoms with Crippen LogP contribution in [0.3, 0.4) is 0 Å². The van der Waals surface area contributed by atoms with Crippen LogP contribution in [0.25, 0.3) is 33.3 Å². The van der Waals surface area contributed by atoms with E-state index in [0.29, 0.717) is 64.7 Å². The number of nitrogens with two attached hydrogens (primary N) is 1. The number of aryl methyl sites for hydroxylation is 2. The largest absolute Gasteiger partial charge is 0.487 e. The van der Waals surface area contributed by atoms with Crippen LogP contribution in [0.15, 0.2) is 79.3 Å². The van der Waals surface area contributed by atoms with Crippen molar-refractivity contribution in [3.8, 4) is 28.1 Å². The fourth-order valence-corrected chi connectivity index (χ4v) is 9.43. The van der Waals surface area contributed by atoms with Gasteiger partial charge in [-0.05, 0) is 80.6 Å². The van der Waals surface area contributed by atoms with Gasteiger partial charge in [-0.25, -0.2) is 26.6 Å². The van der Waals surface area contributed by atoms with Crippen molar-refractivity contribution in [3.63, 3.8) is 0 Å². The molecule has 1 saturated heterocycles. The van der Waals surface area contributed by atoms with Gasteiger partial charge in [0.25, 0.3) is 10.0 Å². The Morgan fingerprint density at radius 3 is 2.31 bits per heavy atom. The summed E-state index contributed by atoms with van der Waals surface area (Å²) in [6.45, 7) is 7.17. The van der Waals surface area contributed by atoms with Gasteiger partial charge < -0.3 is 36.6 Å². The first-order chi connectivity index (χ1) is 36.4. The number of amides is 4. The lowest BCUT2D eigenvalue weighted by molar-refractivity contribution is -0.143. The minimum Gasteiger partial charge on any atom is -0.487 e. The summed E-state index contributed by atoms with van der Waals surface area (Å²) in [5, 5.41) is 20.5. The topological polar surface area (TPSA) is 250 Å². The monoisotopic (exact) mass is 1090 g/mol. The fourth-order valence-electron chi connectivity index (χ4n) is 8.87. The van der Waals surface area contributed by atoms with Gasteiger partial charge in [-0.2, -0.15) is 19.0 Å². The Bertz CT molecular complexity index is 3220. The van der Waals surface area contributed by atoms with Gasteiger partial charge in [0, 0.05) is 61.7 Å².